The third kappa shape index (κ3) is 5.14. The van der Waals surface area contributed by atoms with Gasteiger partial charge in [0, 0.05) is 30.3 Å². The monoisotopic (exact) mass is 418 g/mol. The van der Waals surface area contributed by atoms with Crippen LogP contribution in [0.4, 0.5) is 0 Å². The van der Waals surface area contributed by atoms with Crippen LogP contribution in [0.1, 0.15) is 0 Å². The van der Waals surface area contributed by atoms with Gasteiger partial charge in [0.05, 0.1) is 9.70 Å². The quantitative estimate of drug-likeness (QED) is 0.173. The molecule has 3 rings (SSSR count). The Bertz CT molecular complexity index is 915. The van der Waals surface area contributed by atoms with Crippen molar-refractivity contribution in [1.29, 1.82) is 0 Å². The zero-order chi connectivity index (χ0) is 19.1. The smallest absolute Gasteiger partial charge is 0.161 e. The highest BCUT2D eigenvalue weighted by Gasteiger charge is 2.13. The summed E-state index contributed by atoms with van der Waals surface area (Å²) < 4.78 is 10.4. The summed E-state index contributed by atoms with van der Waals surface area (Å²) in [5, 5.41) is 24.2. The highest BCUT2D eigenvalue weighted by molar-refractivity contribution is 7.99. The van der Waals surface area contributed by atoms with Crippen LogP contribution in [0, 0.1) is 0 Å². The lowest BCUT2D eigenvalue weighted by Crippen LogP contribution is -2.21. The summed E-state index contributed by atoms with van der Waals surface area (Å²) in [6.45, 7) is 1.54. The van der Waals surface area contributed by atoms with E-state index in [1.165, 1.54) is 17.6 Å². The Morgan fingerprint density at radius 1 is 1.04 bits per heavy atom. The van der Waals surface area contributed by atoms with Crippen molar-refractivity contribution in [2.75, 3.05) is 13.1 Å². The largest absolute Gasteiger partial charge is 0.504 e. The molecule has 0 radical (unpaired) electrons. The third-order valence-electron chi connectivity index (χ3n) is 3.60. The number of ether oxygens (including phenoxy) is 1. The van der Waals surface area contributed by atoms with Crippen molar-refractivity contribution in [3.63, 3.8) is 0 Å². The Morgan fingerprint density at radius 2 is 1.89 bits per heavy atom. The molecule has 0 bridgehead atoms. The maximum atomic E-state index is 9.68. The van der Waals surface area contributed by atoms with Crippen molar-refractivity contribution in [3.05, 3.63) is 53.9 Å². The minimum Gasteiger partial charge on any atom is -0.504 e. The van der Waals surface area contributed by atoms with E-state index < -0.39 is 0 Å². The molecule has 0 amide bonds. The van der Waals surface area contributed by atoms with Crippen LogP contribution in [0.25, 0.3) is 11.1 Å². The Hall–Kier alpha value is -2.26. The standard InChI is InChI=1S/C19H18N2O3S3/c22-16-6-5-13(11-17(16)23)24-18-4-2-1-3-14(18)15-7-10-26-19(15)27-21-9-8-20-12-25/h1-7,10-12,21-23H,8-9H2,(H,20,25). The molecule has 0 aliphatic carbocycles. The highest BCUT2D eigenvalue weighted by atomic mass is 32.2. The molecule has 1 heterocycles. The van der Waals surface area contributed by atoms with E-state index in [-0.39, 0.29) is 11.5 Å². The van der Waals surface area contributed by atoms with E-state index in [1.807, 2.05) is 29.6 Å². The average molecular weight is 419 g/mol. The van der Waals surface area contributed by atoms with E-state index in [1.54, 1.807) is 29.4 Å². The van der Waals surface area contributed by atoms with Gasteiger partial charge in [-0.25, -0.2) is 0 Å². The fourth-order valence-electron chi connectivity index (χ4n) is 2.34. The molecular formula is C19H18N2O3S3. The number of rotatable bonds is 9. The molecule has 0 atom stereocenters. The number of phenolic OH excluding ortho intramolecular Hbond substituents is 2. The Labute approximate surface area is 171 Å². The molecule has 3 aromatic rings. The number of thiophene rings is 1. The van der Waals surface area contributed by atoms with Crippen LogP contribution in [-0.4, -0.2) is 28.8 Å². The van der Waals surface area contributed by atoms with E-state index in [0.29, 0.717) is 11.5 Å². The maximum absolute atomic E-state index is 9.68. The lowest BCUT2D eigenvalue weighted by molar-refractivity contribution is 0.398. The third-order valence-corrected chi connectivity index (χ3v) is 5.77. The molecule has 0 aliphatic rings. The summed E-state index contributed by atoms with van der Waals surface area (Å²) in [5.74, 6) is 0.726. The normalized spacial score (nSPS) is 10.5. The number of hydrogen-bond acceptors (Lipinski definition) is 7. The van der Waals surface area contributed by atoms with Crippen molar-refractivity contribution in [1.82, 2.24) is 10.0 Å². The number of aromatic hydroxyl groups is 2. The summed E-state index contributed by atoms with van der Waals surface area (Å²) in [6.07, 6.45) is 0. The number of nitrogens with one attached hydrogen (secondary N) is 2. The lowest BCUT2D eigenvalue weighted by Gasteiger charge is -2.12. The van der Waals surface area contributed by atoms with Crippen LogP contribution in [0.5, 0.6) is 23.0 Å². The van der Waals surface area contributed by atoms with E-state index in [9.17, 15) is 10.2 Å². The van der Waals surface area contributed by atoms with Crippen LogP contribution in [-0.2, 0) is 0 Å². The van der Waals surface area contributed by atoms with E-state index >= 15 is 0 Å². The summed E-state index contributed by atoms with van der Waals surface area (Å²) in [7, 11) is 0. The van der Waals surface area contributed by atoms with Crippen LogP contribution >= 0.6 is 35.5 Å². The first kappa shape index (κ1) is 19.5. The fraction of sp³-hybridized carbons (Fsp3) is 0.105. The zero-order valence-electron chi connectivity index (χ0n) is 14.2. The molecule has 0 fully saturated rings. The Balaban J connectivity index is 1.79. The van der Waals surface area contributed by atoms with Gasteiger partial charge in [0.15, 0.2) is 11.5 Å². The first-order valence-electron chi connectivity index (χ1n) is 8.12. The molecule has 140 valence electrons. The molecule has 0 spiro atoms. The van der Waals surface area contributed by atoms with Crippen molar-refractivity contribution in [2.24, 2.45) is 0 Å². The van der Waals surface area contributed by atoms with Crippen molar-refractivity contribution in [2.45, 2.75) is 4.21 Å². The second-order valence-corrected chi connectivity index (χ2v) is 7.75. The summed E-state index contributed by atoms with van der Waals surface area (Å²) >= 11 is 7.96. The molecule has 0 aliphatic heterocycles. The molecule has 1 aromatic heterocycles. The number of hydrogen-bond donors (Lipinski definition) is 4. The van der Waals surface area contributed by atoms with Gasteiger partial charge in [0.25, 0.3) is 0 Å². The summed E-state index contributed by atoms with van der Waals surface area (Å²) in [4.78, 5) is 0. The van der Waals surface area contributed by atoms with Gasteiger partial charge in [-0.1, -0.05) is 30.4 Å². The van der Waals surface area contributed by atoms with E-state index in [4.69, 9.17) is 17.0 Å². The van der Waals surface area contributed by atoms with Gasteiger partial charge in [-0.2, -0.15) is 0 Å². The van der Waals surface area contributed by atoms with Gasteiger partial charge in [0.1, 0.15) is 11.5 Å². The zero-order valence-corrected chi connectivity index (χ0v) is 16.7. The Kier molecular flexibility index (Phi) is 6.94. The van der Waals surface area contributed by atoms with E-state index in [0.717, 1.165) is 28.4 Å². The first-order chi connectivity index (χ1) is 13.2. The number of para-hydroxylation sites is 1. The second kappa shape index (κ2) is 9.61. The lowest BCUT2D eigenvalue weighted by atomic mass is 10.1. The van der Waals surface area contributed by atoms with Gasteiger partial charge in [-0.15, -0.1) is 11.3 Å². The van der Waals surface area contributed by atoms with Gasteiger partial charge in [-0.3, -0.25) is 4.72 Å². The van der Waals surface area contributed by atoms with Crippen molar-refractivity contribution in [3.8, 4) is 34.1 Å². The van der Waals surface area contributed by atoms with Gasteiger partial charge in [-0.05, 0) is 41.6 Å². The van der Waals surface area contributed by atoms with Gasteiger partial charge >= 0.3 is 0 Å². The maximum Gasteiger partial charge on any atom is 0.161 e. The minimum atomic E-state index is -0.217. The van der Waals surface area contributed by atoms with E-state index in [2.05, 4.69) is 16.1 Å². The topological polar surface area (TPSA) is 73.8 Å². The Morgan fingerprint density at radius 3 is 2.70 bits per heavy atom. The molecule has 8 heteroatoms. The summed E-state index contributed by atoms with van der Waals surface area (Å²) in [5.41, 5.74) is 3.53. The molecule has 0 saturated carbocycles. The second-order valence-electron chi connectivity index (χ2n) is 5.44. The molecule has 4 N–H and O–H groups in total. The van der Waals surface area contributed by atoms with Crippen LogP contribution in [0.2, 0.25) is 0 Å². The molecule has 27 heavy (non-hydrogen) atoms. The highest BCUT2D eigenvalue weighted by Crippen LogP contribution is 2.41. The predicted octanol–water partition coefficient (Wildman–Crippen LogP) is 4.76. The van der Waals surface area contributed by atoms with Crippen molar-refractivity contribution >= 4 is 41.0 Å². The molecule has 5 nitrogen and oxygen atoms in total. The number of thiocarbonyl (C=S) groups is 1. The van der Waals surface area contributed by atoms with Crippen LogP contribution < -0.4 is 14.8 Å². The molecule has 0 unspecified atom stereocenters. The minimum absolute atomic E-state index is 0.179. The summed E-state index contributed by atoms with van der Waals surface area (Å²) in [6, 6.07) is 14.2. The molecular weight excluding hydrogens is 400 g/mol. The first-order valence-corrected chi connectivity index (χ1v) is 10.3. The molecule has 2 aromatic carbocycles. The average Bonchev–Trinajstić information content (AvgIpc) is 3.13. The van der Waals surface area contributed by atoms with Gasteiger partial charge in [0.2, 0.25) is 0 Å². The predicted molar refractivity (Wildman–Crippen MR) is 115 cm³/mol. The number of benzene rings is 2. The number of phenols is 2. The van der Waals surface area contributed by atoms with Crippen molar-refractivity contribution < 1.29 is 14.9 Å². The van der Waals surface area contributed by atoms with Crippen LogP contribution in [0.3, 0.4) is 0 Å². The van der Waals surface area contributed by atoms with Crippen LogP contribution in [0.15, 0.2) is 58.1 Å². The van der Waals surface area contributed by atoms with Gasteiger partial charge < -0.3 is 20.3 Å². The SMILES string of the molecule is Oc1ccc(Oc2ccccc2-c2ccsc2SNCCNC=S)cc1O. The molecule has 0 saturated heterocycles. The fourth-order valence-corrected chi connectivity index (χ4v) is 4.25.